The number of rotatable bonds is 13. The number of allylic oxidation sites excluding steroid dienone is 1. The van der Waals surface area contributed by atoms with E-state index in [1.54, 1.807) is 18.2 Å². The molecule has 13 heteroatoms. The molecule has 3 aromatic carbocycles. The Bertz CT molecular complexity index is 2090. The lowest BCUT2D eigenvalue weighted by Crippen LogP contribution is -2.66. The van der Waals surface area contributed by atoms with Crippen LogP contribution in [0, 0.1) is 17.8 Å². The molecule has 0 radical (unpaired) electrons. The quantitative estimate of drug-likeness (QED) is 0.0867. The van der Waals surface area contributed by atoms with Crippen molar-refractivity contribution in [3.8, 4) is 0 Å². The van der Waals surface area contributed by atoms with Crippen LogP contribution in [0.25, 0.3) is 6.08 Å². The molecule has 1 aliphatic carbocycles. The monoisotopic (exact) mass is 787 g/mol. The number of anilines is 1. The molecule has 2 saturated heterocycles. The van der Waals surface area contributed by atoms with Gasteiger partial charge in [-0.1, -0.05) is 106 Å². The second-order valence-electron chi connectivity index (χ2n) is 16.4. The van der Waals surface area contributed by atoms with E-state index in [0.29, 0.717) is 24.4 Å². The van der Waals surface area contributed by atoms with E-state index in [4.69, 9.17) is 13.5 Å². The van der Waals surface area contributed by atoms with E-state index in [2.05, 4.69) is 52.0 Å². The van der Waals surface area contributed by atoms with Crippen molar-refractivity contribution in [2.75, 3.05) is 11.5 Å². The summed E-state index contributed by atoms with van der Waals surface area (Å²) in [7, 11) is -5.95. The highest BCUT2D eigenvalue weighted by molar-refractivity contribution is 6.99. The predicted molar refractivity (Wildman–Crippen MR) is 224 cm³/mol. The van der Waals surface area contributed by atoms with Crippen molar-refractivity contribution in [1.29, 1.82) is 0 Å². The summed E-state index contributed by atoms with van der Waals surface area (Å²) in [6, 6.07) is 30.5. The minimum Gasteiger partial charge on any atom is -0.459 e. The first-order valence-corrected chi connectivity index (χ1v) is 21.8. The molecular formula is C44H51B2NO9Si. The van der Waals surface area contributed by atoms with Gasteiger partial charge in [0, 0.05) is 0 Å². The molecule has 1 aromatic heterocycles. The average Bonchev–Trinajstić information content (AvgIpc) is 3.77. The van der Waals surface area contributed by atoms with Crippen LogP contribution in [0.2, 0.25) is 11.4 Å². The number of furan rings is 1. The smallest absolute Gasteiger partial charge is 0.459 e. The van der Waals surface area contributed by atoms with Gasteiger partial charge in [-0.3, -0.25) is 14.5 Å². The Labute approximate surface area is 336 Å². The summed E-state index contributed by atoms with van der Waals surface area (Å²) < 4.78 is 19.6. The van der Waals surface area contributed by atoms with Crippen molar-refractivity contribution in [2.24, 2.45) is 17.8 Å². The highest BCUT2D eigenvalue weighted by Crippen LogP contribution is 2.52. The standard InChI is InChI=1S/C44H51B2NO9Si/c1-5-29(23-33-20-21-34(27-48)55-33)19-22-39-40-30(28-54-57(44(2,3)4,35-15-8-6-9-16-35)36-17-10-7-11-18-36)24-37-41(38(40)26-45(51)56-39)43(50)47(42(37)49)32-14-12-13-31(25-32)46(52)53/h6-18,20-21,23,25,37-39,41,48,51-53H,5,19,22,24,26-28H2,1-4H3/b29-23+/t37-,38+,39-,41-/m1/s1. The van der Waals surface area contributed by atoms with E-state index in [9.17, 15) is 29.8 Å². The third-order valence-electron chi connectivity index (χ3n) is 12.0. The Balaban J connectivity index is 1.31. The minimum absolute atomic E-state index is 0.144. The van der Waals surface area contributed by atoms with Crippen LogP contribution in [-0.4, -0.2) is 67.3 Å². The van der Waals surface area contributed by atoms with Crippen molar-refractivity contribution in [3.05, 3.63) is 125 Å². The zero-order chi connectivity index (χ0) is 40.5. The third kappa shape index (κ3) is 7.94. The molecule has 0 saturated carbocycles. The Kier molecular flexibility index (Phi) is 12.1. The molecule has 0 spiro atoms. The number of nitrogens with zero attached hydrogens (tertiary/aromatic N) is 1. The molecule has 3 aliphatic rings. The normalized spacial score (nSPS) is 21.6. The number of carbonyl (C=O) groups is 2. The number of amides is 2. The van der Waals surface area contributed by atoms with Crippen LogP contribution < -0.4 is 20.7 Å². The van der Waals surface area contributed by atoms with Crippen molar-refractivity contribution >= 4 is 62.0 Å². The van der Waals surface area contributed by atoms with Gasteiger partial charge in [-0.05, 0) is 100 Å². The number of imide groups is 1. The van der Waals surface area contributed by atoms with Gasteiger partial charge in [0.05, 0.1) is 30.2 Å². The summed E-state index contributed by atoms with van der Waals surface area (Å²) in [6.07, 6.45) is 3.71. The molecule has 3 heterocycles. The highest BCUT2D eigenvalue weighted by Gasteiger charge is 2.58. The van der Waals surface area contributed by atoms with Crippen LogP contribution in [-0.2, 0) is 25.3 Å². The molecule has 10 nitrogen and oxygen atoms in total. The number of benzene rings is 3. The highest BCUT2D eigenvalue weighted by atomic mass is 28.4. The van der Waals surface area contributed by atoms with Gasteiger partial charge in [-0.15, -0.1) is 0 Å². The maximum atomic E-state index is 14.5. The fourth-order valence-corrected chi connectivity index (χ4v) is 13.9. The van der Waals surface area contributed by atoms with Crippen LogP contribution in [0.5, 0.6) is 0 Å². The Morgan fingerprint density at radius 1 is 0.947 bits per heavy atom. The average molecular weight is 788 g/mol. The molecule has 296 valence electrons. The Hall–Kier alpha value is -4.33. The Morgan fingerprint density at radius 2 is 1.63 bits per heavy atom. The molecular weight excluding hydrogens is 736 g/mol. The first kappa shape index (κ1) is 40.8. The number of fused-ring (bicyclic) bond motifs is 3. The Morgan fingerprint density at radius 3 is 2.23 bits per heavy atom. The van der Waals surface area contributed by atoms with E-state index in [0.717, 1.165) is 33.5 Å². The molecule has 0 unspecified atom stereocenters. The third-order valence-corrected chi connectivity index (χ3v) is 17.0. The number of aliphatic hydroxyl groups is 1. The summed E-state index contributed by atoms with van der Waals surface area (Å²) >= 11 is 0. The van der Waals surface area contributed by atoms with Gasteiger partial charge in [0.1, 0.15) is 18.1 Å². The zero-order valence-electron chi connectivity index (χ0n) is 33.0. The lowest BCUT2D eigenvalue weighted by Gasteiger charge is -2.46. The first-order chi connectivity index (χ1) is 27.4. The lowest BCUT2D eigenvalue weighted by atomic mass is 9.58. The van der Waals surface area contributed by atoms with E-state index in [1.807, 2.05) is 48.5 Å². The summed E-state index contributed by atoms with van der Waals surface area (Å²) in [6.45, 7) is 8.74. The summed E-state index contributed by atoms with van der Waals surface area (Å²) in [5.74, 6) is -1.54. The fraction of sp³-hybridized carbons (Fsp3) is 0.364. The molecule has 2 aliphatic heterocycles. The second-order valence-corrected chi connectivity index (χ2v) is 20.7. The van der Waals surface area contributed by atoms with Gasteiger partial charge in [0.2, 0.25) is 11.8 Å². The SMILES string of the molecule is CC/C(=C\c1ccc(CO)o1)CC[C@H]1OB(O)C[C@H]2C1=C(CO[Si](c1ccccc1)(c1ccccc1)C(C)(C)C)C[C@H]1C(=O)N(c3cccc(B(O)O)c3)C(=O)[C@H]12. The molecule has 4 atom stereocenters. The molecule has 2 amide bonds. The molecule has 7 rings (SSSR count). The number of hydrogen-bond acceptors (Lipinski definition) is 9. The topological polar surface area (TPSA) is 150 Å². The van der Waals surface area contributed by atoms with Crippen LogP contribution in [0.3, 0.4) is 0 Å². The number of hydrogen-bond donors (Lipinski definition) is 4. The van der Waals surface area contributed by atoms with Crippen LogP contribution >= 0.6 is 0 Å². The minimum atomic E-state index is -3.03. The summed E-state index contributed by atoms with van der Waals surface area (Å²) in [5, 5.41) is 42.6. The molecule has 4 aromatic rings. The van der Waals surface area contributed by atoms with Gasteiger partial charge in [0.25, 0.3) is 8.32 Å². The summed E-state index contributed by atoms with van der Waals surface area (Å²) in [5.41, 5.74) is 3.37. The van der Waals surface area contributed by atoms with E-state index in [1.165, 1.54) is 17.0 Å². The maximum Gasteiger partial charge on any atom is 0.488 e. The zero-order valence-corrected chi connectivity index (χ0v) is 34.0. The van der Waals surface area contributed by atoms with Gasteiger partial charge >= 0.3 is 14.2 Å². The van der Waals surface area contributed by atoms with Crippen LogP contribution in [0.4, 0.5) is 5.69 Å². The van der Waals surface area contributed by atoms with Gasteiger partial charge in [-0.25, -0.2) is 0 Å². The lowest BCUT2D eigenvalue weighted by molar-refractivity contribution is -0.122. The molecule has 0 bridgehead atoms. The van der Waals surface area contributed by atoms with Crippen LogP contribution in [0.15, 0.2) is 118 Å². The van der Waals surface area contributed by atoms with E-state index >= 15 is 0 Å². The van der Waals surface area contributed by atoms with Gasteiger partial charge in [0.15, 0.2) is 0 Å². The number of aliphatic hydroxyl groups excluding tert-OH is 1. The summed E-state index contributed by atoms with van der Waals surface area (Å²) in [4.78, 5) is 30.2. The van der Waals surface area contributed by atoms with Gasteiger partial charge in [-0.2, -0.15) is 0 Å². The molecule has 4 N–H and O–H groups in total. The molecule has 57 heavy (non-hydrogen) atoms. The first-order valence-electron chi connectivity index (χ1n) is 19.9. The molecule has 2 fully saturated rings. The van der Waals surface area contributed by atoms with E-state index in [-0.39, 0.29) is 54.0 Å². The predicted octanol–water partition coefficient (Wildman–Crippen LogP) is 4.60. The fourth-order valence-electron chi connectivity index (χ4n) is 9.36. The van der Waals surface area contributed by atoms with Crippen molar-refractivity contribution < 1.29 is 43.3 Å². The van der Waals surface area contributed by atoms with Crippen molar-refractivity contribution in [3.63, 3.8) is 0 Å². The largest absolute Gasteiger partial charge is 0.488 e. The van der Waals surface area contributed by atoms with Crippen molar-refractivity contribution in [1.82, 2.24) is 0 Å². The number of carbonyl (C=O) groups excluding carboxylic acids is 2. The van der Waals surface area contributed by atoms with Crippen LogP contribution in [0.1, 0.15) is 64.9 Å². The van der Waals surface area contributed by atoms with E-state index < -0.39 is 46.4 Å². The maximum absolute atomic E-state index is 14.5. The van der Waals surface area contributed by atoms with Crippen molar-refractivity contribution in [2.45, 2.75) is 77.4 Å². The second kappa shape index (κ2) is 16.9. The van der Waals surface area contributed by atoms with Gasteiger partial charge < -0.3 is 33.7 Å².